The summed E-state index contributed by atoms with van der Waals surface area (Å²) >= 11 is 1.30. The minimum absolute atomic E-state index is 0.0632. The van der Waals surface area contributed by atoms with Crippen LogP contribution in [-0.2, 0) is 10.0 Å². The standard InChI is InChI=1S/C9H9N7O2S2/c10-14-7-8(16-3-4-19-9(16)13-7)20(17,18)15-6-5-11-1-2-12-6/h1-5,14H,10H2,(H,12,15). The Morgan fingerprint density at radius 1 is 1.35 bits per heavy atom. The molecule has 20 heavy (non-hydrogen) atoms. The van der Waals surface area contributed by atoms with Gasteiger partial charge in [0.05, 0.1) is 6.20 Å². The summed E-state index contributed by atoms with van der Waals surface area (Å²) in [4.78, 5) is 12.3. The summed E-state index contributed by atoms with van der Waals surface area (Å²) in [7, 11) is -3.90. The van der Waals surface area contributed by atoms with Crippen LogP contribution in [0.4, 0.5) is 11.6 Å². The summed E-state index contributed by atoms with van der Waals surface area (Å²) in [6.07, 6.45) is 5.73. The highest BCUT2D eigenvalue weighted by Gasteiger charge is 2.26. The van der Waals surface area contributed by atoms with E-state index in [4.69, 9.17) is 5.84 Å². The molecule has 0 radical (unpaired) electrons. The van der Waals surface area contributed by atoms with Crippen LogP contribution in [0.2, 0.25) is 0 Å². The van der Waals surface area contributed by atoms with Crippen LogP contribution >= 0.6 is 11.3 Å². The topological polar surface area (TPSA) is 127 Å². The van der Waals surface area contributed by atoms with E-state index in [1.165, 1.54) is 34.3 Å². The smallest absolute Gasteiger partial charge is 0.283 e. The number of nitrogen functional groups attached to an aromatic ring is 1. The molecular weight excluding hydrogens is 302 g/mol. The average Bonchev–Trinajstić information content (AvgIpc) is 2.98. The second-order valence-electron chi connectivity index (χ2n) is 3.66. The van der Waals surface area contributed by atoms with Crippen LogP contribution in [0.3, 0.4) is 0 Å². The first kappa shape index (κ1) is 12.8. The van der Waals surface area contributed by atoms with Crippen molar-refractivity contribution in [2.24, 2.45) is 5.84 Å². The Bertz CT molecular complexity index is 840. The predicted octanol–water partition coefficient (Wildman–Crippen LogP) is 0.272. The van der Waals surface area contributed by atoms with E-state index in [1.807, 2.05) is 0 Å². The zero-order chi connectivity index (χ0) is 14.2. The van der Waals surface area contributed by atoms with Gasteiger partial charge in [0, 0.05) is 24.0 Å². The van der Waals surface area contributed by atoms with Gasteiger partial charge in [-0.3, -0.25) is 14.1 Å². The summed E-state index contributed by atoms with van der Waals surface area (Å²) < 4.78 is 28.6. The molecule has 0 aliphatic heterocycles. The summed E-state index contributed by atoms with van der Waals surface area (Å²) in [5, 5.41) is 1.64. The molecular formula is C9H9N7O2S2. The number of nitrogens with two attached hydrogens (primary N) is 1. The van der Waals surface area contributed by atoms with Crippen molar-refractivity contribution in [1.29, 1.82) is 0 Å². The molecule has 0 atom stereocenters. The second-order valence-corrected chi connectivity index (χ2v) is 6.13. The molecule has 0 saturated heterocycles. The maximum absolute atomic E-state index is 12.4. The molecule has 3 rings (SSSR count). The molecule has 0 spiro atoms. The third-order valence-corrected chi connectivity index (χ3v) is 4.55. The van der Waals surface area contributed by atoms with E-state index in [9.17, 15) is 8.42 Å². The molecule has 9 nitrogen and oxygen atoms in total. The number of aromatic nitrogens is 4. The number of thiazole rings is 1. The van der Waals surface area contributed by atoms with Gasteiger partial charge in [0.2, 0.25) is 5.03 Å². The number of imidazole rings is 1. The summed E-state index contributed by atoms with van der Waals surface area (Å²) in [5.41, 5.74) is 2.28. The monoisotopic (exact) mass is 311 g/mol. The van der Waals surface area contributed by atoms with E-state index >= 15 is 0 Å². The number of fused-ring (bicyclic) bond motifs is 1. The van der Waals surface area contributed by atoms with Crippen molar-refractivity contribution in [3.63, 3.8) is 0 Å². The third-order valence-electron chi connectivity index (χ3n) is 2.41. The van der Waals surface area contributed by atoms with Gasteiger partial charge in [-0.05, 0) is 0 Å². The molecule has 0 unspecified atom stereocenters. The lowest BCUT2D eigenvalue weighted by Crippen LogP contribution is -2.19. The average molecular weight is 311 g/mol. The zero-order valence-electron chi connectivity index (χ0n) is 9.89. The molecule has 0 saturated carbocycles. The molecule has 0 amide bonds. The van der Waals surface area contributed by atoms with E-state index in [2.05, 4.69) is 25.1 Å². The Kier molecular flexibility index (Phi) is 3.00. The SMILES string of the molecule is NNc1nc2sccn2c1S(=O)(=O)Nc1cnccn1. The largest absolute Gasteiger partial charge is 0.306 e. The van der Waals surface area contributed by atoms with E-state index in [1.54, 1.807) is 11.6 Å². The fourth-order valence-electron chi connectivity index (χ4n) is 1.65. The molecule has 11 heteroatoms. The van der Waals surface area contributed by atoms with Crippen LogP contribution in [-0.4, -0.2) is 27.8 Å². The van der Waals surface area contributed by atoms with Gasteiger partial charge in [0.15, 0.2) is 16.6 Å². The van der Waals surface area contributed by atoms with Gasteiger partial charge in [-0.25, -0.2) is 10.8 Å². The van der Waals surface area contributed by atoms with Gasteiger partial charge in [0.1, 0.15) is 0 Å². The number of nitrogens with zero attached hydrogens (tertiary/aromatic N) is 4. The fourth-order valence-corrected chi connectivity index (χ4v) is 3.67. The Morgan fingerprint density at radius 3 is 2.90 bits per heavy atom. The number of nitrogens with one attached hydrogen (secondary N) is 2. The van der Waals surface area contributed by atoms with Crippen molar-refractivity contribution in [1.82, 2.24) is 19.4 Å². The highest BCUT2D eigenvalue weighted by molar-refractivity contribution is 7.92. The summed E-state index contributed by atoms with van der Waals surface area (Å²) in [6.45, 7) is 0. The molecule has 3 aromatic rings. The van der Waals surface area contributed by atoms with Crippen molar-refractivity contribution < 1.29 is 8.42 Å². The van der Waals surface area contributed by atoms with Gasteiger partial charge in [-0.15, -0.1) is 11.3 Å². The van der Waals surface area contributed by atoms with Gasteiger partial charge in [-0.1, -0.05) is 0 Å². The van der Waals surface area contributed by atoms with Crippen LogP contribution < -0.4 is 16.0 Å². The first-order valence-corrected chi connectivity index (χ1v) is 7.69. The minimum atomic E-state index is -3.90. The van der Waals surface area contributed by atoms with Crippen LogP contribution in [0.1, 0.15) is 0 Å². The molecule has 0 aromatic carbocycles. The molecule has 4 N–H and O–H groups in total. The van der Waals surface area contributed by atoms with Crippen LogP contribution in [0.25, 0.3) is 4.96 Å². The van der Waals surface area contributed by atoms with Crippen LogP contribution in [0, 0.1) is 0 Å². The highest BCUT2D eigenvalue weighted by Crippen LogP contribution is 2.26. The van der Waals surface area contributed by atoms with E-state index in [0.717, 1.165) is 0 Å². The second kappa shape index (κ2) is 4.70. The van der Waals surface area contributed by atoms with Crippen molar-refractivity contribution in [3.8, 4) is 0 Å². The van der Waals surface area contributed by atoms with Gasteiger partial charge >= 0.3 is 0 Å². The minimum Gasteiger partial charge on any atom is -0.306 e. The number of sulfonamides is 1. The number of hydrazine groups is 1. The quantitative estimate of drug-likeness (QED) is 0.466. The lowest BCUT2D eigenvalue weighted by Gasteiger charge is -2.07. The van der Waals surface area contributed by atoms with Crippen LogP contribution in [0.15, 0.2) is 35.2 Å². The predicted molar refractivity (Wildman–Crippen MR) is 73.7 cm³/mol. The first-order chi connectivity index (χ1) is 9.62. The Morgan fingerprint density at radius 2 is 2.20 bits per heavy atom. The zero-order valence-corrected chi connectivity index (χ0v) is 11.5. The lowest BCUT2D eigenvalue weighted by molar-refractivity contribution is 0.597. The van der Waals surface area contributed by atoms with E-state index < -0.39 is 10.0 Å². The normalized spacial score (nSPS) is 11.7. The number of hydrogen-bond donors (Lipinski definition) is 3. The Labute approximate surface area is 117 Å². The van der Waals surface area contributed by atoms with Crippen LogP contribution in [0.5, 0.6) is 0 Å². The number of anilines is 2. The number of hydrogen-bond acceptors (Lipinski definition) is 8. The lowest BCUT2D eigenvalue weighted by atomic mass is 10.7. The fraction of sp³-hybridized carbons (Fsp3) is 0. The maximum atomic E-state index is 12.4. The third kappa shape index (κ3) is 2.07. The number of rotatable bonds is 4. The Hall–Kier alpha value is -2.24. The van der Waals surface area contributed by atoms with E-state index in [0.29, 0.717) is 4.96 Å². The first-order valence-electron chi connectivity index (χ1n) is 5.33. The molecule has 0 aliphatic carbocycles. The molecule has 0 aliphatic rings. The van der Waals surface area contributed by atoms with Gasteiger partial charge in [0.25, 0.3) is 10.0 Å². The molecule has 3 aromatic heterocycles. The van der Waals surface area contributed by atoms with Crippen molar-refractivity contribution in [2.45, 2.75) is 5.03 Å². The maximum Gasteiger partial charge on any atom is 0.283 e. The van der Waals surface area contributed by atoms with Crippen molar-refractivity contribution in [2.75, 3.05) is 10.1 Å². The van der Waals surface area contributed by atoms with Gasteiger partial charge < -0.3 is 5.43 Å². The molecule has 104 valence electrons. The Balaban J connectivity index is 2.11. The van der Waals surface area contributed by atoms with E-state index in [-0.39, 0.29) is 16.7 Å². The van der Waals surface area contributed by atoms with Crippen molar-refractivity contribution >= 4 is 38.0 Å². The molecule has 0 fully saturated rings. The highest BCUT2D eigenvalue weighted by atomic mass is 32.2. The molecule has 3 heterocycles. The summed E-state index contributed by atoms with van der Waals surface area (Å²) in [6, 6.07) is 0. The molecule has 0 bridgehead atoms. The summed E-state index contributed by atoms with van der Waals surface area (Å²) in [5.74, 6) is 5.50. The van der Waals surface area contributed by atoms with Crippen molar-refractivity contribution in [3.05, 3.63) is 30.2 Å². The van der Waals surface area contributed by atoms with Gasteiger partial charge in [-0.2, -0.15) is 13.4 Å².